The molecule has 1 aliphatic heterocycles. The number of ether oxygens (including phenoxy) is 1. The van der Waals surface area contributed by atoms with E-state index in [9.17, 15) is 4.39 Å². The van der Waals surface area contributed by atoms with Crippen LogP contribution in [0.5, 0.6) is 5.75 Å². The van der Waals surface area contributed by atoms with Gasteiger partial charge in [0, 0.05) is 20.0 Å². The Morgan fingerprint density at radius 3 is 2.65 bits per heavy atom. The molecule has 26 heavy (non-hydrogen) atoms. The Kier molecular flexibility index (Phi) is 4.67. The third-order valence-corrected chi connectivity index (χ3v) is 4.65. The topological polar surface area (TPSA) is 51.4 Å². The van der Waals surface area contributed by atoms with E-state index >= 15 is 0 Å². The van der Waals surface area contributed by atoms with Gasteiger partial charge in [-0.3, -0.25) is 4.90 Å². The van der Waals surface area contributed by atoms with Crippen molar-refractivity contribution in [2.45, 2.75) is 25.9 Å². The summed E-state index contributed by atoms with van der Waals surface area (Å²) in [5.74, 6) is 1.10. The average molecular weight is 353 g/mol. The third kappa shape index (κ3) is 3.46. The van der Waals surface area contributed by atoms with Crippen LogP contribution >= 0.6 is 0 Å². The van der Waals surface area contributed by atoms with E-state index in [-0.39, 0.29) is 17.6 Å². The molecule has 5 nitrogen and oxygen atoms in total. The van der Waals surface area contributed by atoms with Crippen molar-refractivity contribution in [3.63, 3.8) is 0 Å². The molecule has 0 radical (unpaired) electrons. The molecule has 1 unspecified atom stereocenters. The van der Waals surface area contributed by atoms with Crippen molar-refractivity contribution in [3.05, 3.63) is 77.3 Å². The van der Waals surface area contributed by atoms with Gasteiger partial charge in [-0.1, -0.05) is 36.4 Å². The summed E-state index contributed by atoms with van der Waals surface area (Å²) in [4.78, 5) is 2.25. The van der Waals surface area contributed by atoms with Crippen LogP contribution in [-0.2, 0) is 13.0 Å². The van der Waals surface area contributed by atoms with Gasteiger partial charge in [0.2, 0.25) is 11.8 Å². The highest BCUT2D eigenvalue weighted by atomic mass is 19.1. The van der Waals surface area contributed by atoms with Gasteiger partial charge in [0.1, 0.15) is 6.61 Å². The molecule has 1 aromatic heterocycles. The van der Waals surface area contributed by atoms with E-state index in [4.69, 9.17) is 9.15 Å². The number of aryl methyl sites for hydroxylation is 1. The van der Waals surface area contributed by atoms with Crippen LogP contribution in [0.25, 0.3) is 0 Å². The first-order chi connectivity index (χ1) is 12.7. The second-order valence-corrected chi connectivity index (χ2v) is 6.40. The molecule has 6 heteroatoms. The van der Waals surface area contributed by atoms with Crippen LogP contribution in [0.1, 0.15) is 29.0 Å². The molecule has 1 atom stereocenters. The minimum Gasteiger partial charge on any atom is -0.489 e. The van der Waals surface area contributed by atoms with Gasteiger partial charge in [-0.05, 0) is 29.7 Å². The predicted octanol–water partition coefficient (Wildman–Crippen LogP) is 3.70. The smallest absolute Gasteiger partial charge is 0.233 e. The van der Waals surface area contributed by atoms with Gasteiger partial charge in [0.25, 0.3) is 0 Å². The summed E-state index contributed by atoms with van der Waals surface area (Å²) in [6.07, 6.45) is 0.803. The number of hydrogen-bond acceptors (Lipinski definition) is 5. The predicted molar refractivity (Wildman–Crippen MR) is 94.2 cm³/mol. The number of fused-ring (bicyclic) bond motifs is 1. The van der Waals surface area contributed by atoms with Crippen LogP contribution in [0.15, 0.2) is 52.9 Å². The molecule has 0 saturated carbocycles. The van der Waals surface area contributed by atoms with E-state index in [1.165, 1.54) is 17.2 Å². The van der Waals surface area contributed by atoms with Gasteiger partial charge in [-0.2, -0.15) is 0 Å². The monoisotopic (exact) mass is 353 g/mol. The highest BCUT2D eigenvalue weighted by Crippen LogP contribution is 2.32. The number of halogens is 1. The zero-order valence-corrected chi connectivity index (χ0v) is 14.6. The fourth-order valence-corrected chi connectivity index (χ4v) is 3.34. The molecule has 0 amide bonds. The average Bonchev–Trinajstić information content (AvgIpc) is 3.09. The lowest BCUT2D eigenvalue weighted by Crippen LogP contribution is -2.37. The Bertz CT molecular complexity index is 896. The zero-order chi connectivity index (χ0) is 17.9. The maximum atomic E-state index is 13.7. The Morgan fingerprint density at radius 2 is 1.88 bits per heavy atom. The third-order valence-electron chi connectivity index (χ3n) is 4.65. The summed E-state index contributed by atoms with van der Waals surface area (Å²) < 4.78 is 25.0. The second kappa shape index (κ2) is 7.25. The first-order valence-corrected chi connectivity index (χ1v) is 8.69. The first-order valence-electron chi connectivity index (χ1n) is 8.69. The van der Waals surface area contributed by atoms with Gasteiger partial charge in [0.15, 0.2) is 11.6 Å². The standard InChI is InChI=1S/C20H20FN3O2/c1-14-22-23-20(26-14)18-12-15-6-2-3-7-16(15)13-24(18)10-11-25-19-9-5-4-8-17(19)21/h2-9,18H,10-13H2,1H3. The van der Waals surface area contributed by atoms with E-state index in [2.05, 4.69) is 27.2 Å². The molecule has 1 aliphatic rings. The van der Waals surface area contributed by atoms with E-state index in [0.717, 1.165) is 13.0 Å². The zero-order valence-electron chi connectivity index (χ0n) is 14.6. The van der Waals surface area contributed by atoms with E-state index in [1.807, 2.05) is 12.1 Å². The quantitative estimate of drug-likeness (QED) is 0.700. The van der Waals surface area contributed by atoms with Crippen LogP contribution in [0, 0.1) is 12.7 Å². The minimum absolute atomic E-state index is 0.00433. The van der Waals surface area contributed by atoms with E-state index in [1.54, 1.807) is 25.1 Å². The lowest BCUT2D eigenvalue weighted by molar-refractivity contribution is 0.119. The number of rotatable bonds is 5. The molecule has 0 fully saturated rings. The number of benzene rings is 2. The highest BCUT2D eigenvalue weighted by molar-refractivity contribution is 5.31. The fraction of sp³-hybridized carbons (Fsp3) is 0.300. The summed E-state index contributed by atoms with van der Waals surface area (Å²) in [6.45, 7) is 3.57. The Hall–Kier alpha value is -2.73. The molecule has 2 aromatic carbocycles. The first kappa shape index (κ1) is 16.7. The number of aromatic nitrogens is 2. The maximum absolute atomic E-state index is 13.7. The van der Waals surface area contributed by atoms with Crippen molar-refractivity contribution in [2.75, 3.05) is 13.2 Å². The molecule has 4 rings (SSSR count). The van der Waals surface area contributed by atoms with Crippen molar-refractivity contribution in [1.82, 2.24) is 15.1 Å². The summed E-state index contributed by atoms with van der Waals surface area (Å²) in [6, 6.07) is 14.8. The van der Waals surface area contributed by atoms with Crippen LogP contribution in [-0.4, -0.2) is 28.2 Å². The SMILES string of the molecule is Cc1nnc(C2Cc3ccccc3CN2CCOc2ccccc2F)o1. The molecule has 134 valence electrons. The summed E-state index contributed by atoms with van der Waals surface area (Å²) in [5.41, 5.74) is 2.57. The van der Waals surface area contributed by atoms with Gasteiger partial charge in [-0.25, -0.2) is 4.39 Å². The molecular weight excluding hydrogens is 333 g/mol. The van der Waals surface area contributed by atoms with Crippen molar-refractivity contribution < 1.29 is 13.5 Å². The van der Waals surface area contributed by atoms with Gasteiger partial charge in [-0.15, -0.1) is 10.2 Å². The lowest BCUT2D eigenvalue weighted by Gasteiger charge is -2.34. The Labute approximate surface area is 151 Å². The van der Waals surface area contributed by atoms with Gasteiger partial charge in [0.05, 0.1) is 6.04 Å². The lowest BCUT2D eigenvalue weighted by atomic mass is 9.94. The molecule has 0 saturated heterocycles. The van der Waals surface area contributed by atoms with Crippen molar-refractivity contribution in [2.24, 2.45) is 0 Å². The minimum atomic E-state index is -0.347. The van der Waals surface area contributed by atoms with Crippen molar-refractivity contribution in [1.29, 1.82) is 0 Å². The largest absolute Gasteiger partial charge is 0.489 e. The number of para-hydroxylation sites is 1. The number of hydrogen-bond donors (Lipinski definition) is 0. The molecule has 0 N–H and O–H groups in total. The summed E-state index contributed by atoms with van der Waals surface area (Å²) in [5, 5.41) is 8.18. The van der Waals surface area contributed by atoms with Crippen LogP contribution in [0.2, 0.25) is 0 Å². The molecule has 0 aliphatic carbocycles. The highest BCUT2D eigenvalue weighted by Gasteiger charge is 2.30. The fourth-order valence-electron chi connectivity index (χ4n) is 3.34. The molecule has 0 bridgehead atoms. The van der Waals surface area contributed by atoms with Gasteiger partial charge < -0.3 is 9.15 Å². The van der Waals surface area contributed by atoms with E-state index in [0.29, 0.717) is 24.9 Å². The molecule has 2 heterocycles. The van der Waals surface area contributed by atoms with Gasteiger partial charge >= 0.3 is 0 Å². The Balaban J connectivity index is 1.51. The normalized spacial score (nSPS) is 17.1. The molecule has 0 spiro atoms. The van der Waals surface area contributed by atoms with E-state index < -0.39 is 0 Å². The van der Waals surface area contributed by atoms with Crippen molar-refractivity contribution in [3.8, 4) is 5.75 Å². The second-order valence-electron chi connectivity index (χ2n) is 6.40. The van der Waals surface area contributed by atoms with Crippen molar-refractivity contribution >= 4 is 0 Å². The number of nitrogens with zero attached hydrogens (tertiary/aromatic N) is 3. The Morgan fingerprint density at radius 1 is 1.12 bits per heavy atom. The summed E-state index contributed by atoms with van der Waals surface area (Å²) >= 11 is 0. The molecule has 3 aromatic rings. The summed E-state index contributed by atoms with van der Waals surface area (Å²) in [7, 11) is 0. The maximum Gasteiger partial charge on any atom is 0.233 e. The van der Waals surface area contributed by atoms with Crippen LogP contribution < -0.4 is 4.74 Å². The molecular formula is C20H20FN3O2. The van der Waals surface area contributed by atoms with Crippen LogP contribution in [0.4, 0.5) is 4.39 Å². The van der Waals surface area contributed by atoms with Crippen LogP contribution in [0.3, 0.4) is 0 Å².